The number of ketones is 1. The van der Waals surface area contributed by atoms with Gasteiger partial charge in [0.25, 0.3) is 5.91 Å². The molecule has 6 heteroatoms. The van der Waals surface area contributed by atoms with Gasteiger partial charge < -0.3 is 9.84 Å². The molecule has 0 radical (unpaired) electrons. The number of benzene rings is 2. The van der Waals surface area contributed by atoms with E-state index in [0.717, 1.165) is 5.56 Å². The van der Waals surface area contributed by atoms with E-state index in [4.69, 9.17) is 4.52 Å². The van der Waals surface area contributed by atoms with Gasteiger partial charge >= 0.3 is 0 Å². The van der Waals surface area contributed by atoms with Gasteiger partial charge in [0.05, 0.1) is 0 Å². The summed E-state index contributed by atoms with van der Waals surface area (Å²) in [5, 5.41) is 6.62. The molecule has 0 spiro atoms. The van der Waals surface area contributed by atoms with Crippen LogP contribution in [0.3, 0.4) is 0 Å². The van der Waals surface area contributed by atoms with E-state index in [1.807, 2.05) is 0 Å². The Labute approximate surface area is 138 Å². The van der Waals surface area contributed by atoms with Crippen LogP contribution in [0.4, 0.5) is 5.69 Å². The zero-order chi connectivity index (χ0) is 17.1. The van der Waals surface area contributed by atoms with Crippen LogP contribution in [-0.2, 0) is 0 Å². The van der Waals surface area contributed by atoms with E-state index in [1.165, 1.54) is 6.92 Å². The van der Waals surface area contributed by atoms with Crippen LogP contribution < -0.4 is 5.32 Å². The summed E-state index contributed by atoms with van der Waals surface area (Å²) < 4.78 is 4.94. The van der Waals surface area contributed by atoms with Gasteiger partial charge in [-0.1, -0.05) is 17.3 Å². The molecule has 0 aliphatic rings. The molecule has 6 nitrogen and oxygen atoms in total. The quantitative estimate of drug-likeness (QED) is 0.743. The van der Waals surface area contributed by atoms with Crippen molar-refractivity contribution in [2.45, 2.75) is 13.8 Å². The number of nitrogens with one attached hydrogen (secondary N) is 1. The number of nitrogens with zero attached hydrogens (tertiary/aromatic N) is 2. The van der Waals surface area contributed by atoms with E-state index in [-0.39, 0.29) is 11.7 Å². The highest BCUT2D eigenvalue weighted by molar-refractivity contribution is 6.04. The Kier molecular flexibility index (Phi) is 4.20. The van der Waals surface area contributed by atoms with Crippen LogP contribution in [0.5, 0.6) is 0 Å². The Balaban J connectivity index is 1.72. The molecular weight excluding hydrogens is 306 g/mol. The first-order valence-corrected chi connectivity index (χ1v) is 7.36. The average Bonchev–Trinajstić information content (AvgIpc) is 3.02. The molecule has 0 saturated carbocycles. The zero-order valence-corrected chi connectivity index (χ0v) is 13.2. The van der Waals surface area contributed by atoms with Crippen molar-refractivity contribution < 1.29 is 14.1 Å². The minimum absolute atomic E-state index is 0.0137. The van der Waals surface area contributed by atoms with Gasteiger partial charge in [-0.3, -0.25) is 9.59 Å². The summed E-state index contributed by atoms with van der Waals surface area (Å²) in [4.78, 5) is 27.6. The lowest BCUT2D eigenvalue weighted by Gasteiger charge is -2.06. The number of aromatic nitrogens is 2. The first-order chi connectivity index (χ1) is 11.5. The number of hydrogen-bond donors (Lipinski definition) is 1. The Hall–Kier alpha value is -3.28. The topological polar surface area (TPSA) is 85.1 Å². The fourth-order valence-electron chi connectivity index (χ4n) is 2.18. The third-order valence-electron chi connectivity index (χ3n) is 3.48. The van der Waals surface area contributed by atoms with Crippen molar-refractivity contribution in [3.63, 3.8) is 0 Å². The van der Waals surface area contributed by atoms with Crippen LogP contribution in [0.15, 0.2) is 53.1 Å². The molecule has 1 amide bonds. The second-order valence-corrected chi connectivity index (χ2v) is 5.30. The largest absolute Gasteiger partial charge is 0.339 e. The van der Waals surface area contributed by atoms with Crippen LogP contribution in [-0.4, -0.2) is 21.8 Å². The SMILES string of the molecule is CC(=O)c1ccc(NC(=O)c2ccc(-c3noc(C)n3)cc2)cc1. The lowest BCUT2D eigenvalue weighted by atomic mass is 10.1. The van der Waals surface area contributed by atoms with Gasteiger partial charge in [-0.15, -0.1) is 0 Å². The van der Waals surface area contributed by atoms with Gasteiger partial charge in [-0.25, -0.2) is 0 Å². The molecule has 0 aliphatic heterocycles. The van der Waals surface area contributed by atoms with Gasteiger partial charge in [0.15, 0.2) is 5.78 Å². The number of aryl methyl sites for hydroxylation is 1. The molecule has 0 unspecified atom stereocenters. The van der Waals surface area contributed by atoms with Crippen LogP contribution in [0.1, 0.15) is 33.5 Å². The molecule has 0 fully saturated rings. The average molecular weight is 321 g/mol. The fraction of sp³-hybridized carbons (Fsp3) is 0.111. The van der Waals surface area contributed by atoms with Crippen LogP contribution in [0.25, 0.3) is 11.4 Å². The minimum atomic E-state index is -0.235. The molecule has 0 bridgehead atoms. The molecule has 0 aliphatic carbocycles. The first-order valence-electron chi connectivity index (χ1n) is 7.36. The van der Waals surface area contributed by atoms with Gasteiger partial charge in [-0.05, 0) is 43.3 Å². The molecule has 1 aromatic heterocycles. The second kappa shape index (κ2) is 6.45. The van der Waals surface area contributed by atoms with Crippen molar-refractivity contribution in [3.05, 3.63) is 65.5 Å². The van der Waals surface area contributed by atoms with Crippen molar-refractivity contribution in [1.29, 1.82) is 0 Å². The molecule has 1 heterocycles. The summed E-state index contributed by atoms with van der Waals surface area (Å²) in [5.41, 5.74) is 2.51. The molecule has 2 aromatic carbocycles. The number of carbonyl (C=O) groups is 2. The van der Waals surface area contributed by atoms with Crippen molar-refractivity contribution >= 4 is 17.4 Å². The lowest BCUT2D eigenvalue weighted by molar-refractivity contribution is 0.101. The van der Waals surface area contributed by atoms with Gasteiger partial charge in [0, 0.05) is 29.3 Å². The van der Waals surface area contributed by atoms with Gasteiger partial charge in [-0.2, -0.15) is 4.98 Å². The Morgan fingerprint density at radius 2 is 1.58 bits per heavy atom. The molecule has 24 heavy (non-hydrogen) atoms. The maximum atomic E-state index is 12.3. The predicted molar refractivity (Wildman–Crippen MR) is 88.9 cm³/mol. The summed E-state index contributed by atoms with van der Waals surface area (Å²) in [5.74, 6) is 0.724. The maximum Gasteiger partial charge on any atom is 0.255 e. The van der Waals surface area contributed by atoms with E-state index in [2.05, 4.69) is 15.5 Å². The summed E-state index contributed by atoms with van der Waals surface area (Å²) in [6, 6.07) is 13.7. The Morgan fingerprint density at radius 3 is 2.12 bits per heavy atom. The van der Waals surface area contributed by atoms with Gasteiger partial charge in [0.2, 0.25) is 11.7 Å². The summed E-state index contributed by atoms with van der Waals surface area (Å²) >= 11 is 0. The molecule has 3 rings (SSSR count). The van der Waals surface area contributed by atoms with Crippen molar-refractivity contribution in [2.75, 3.05) is 5.32 Å². The first kappa shape index (κ1) is 15.6. The van der Waals surface area contributed by atoms with Crippen LogP contribution >= 0.6 is 0 Å². The standard InChI is InChI=1S/C18H15N3O3/c1-11(22)13-7-9-16(10-8-13)20-18(23)15-5-3-14(4-6-15)17-19-12(2)24-21-17/h3-10H,1-2H3,(H,20,23). The van der Waals surface area contributed by atoms with E-state index >= 15 is 0 Å². The summed E-state index contributed by atoms with van der Waals surface area (Å²) in [6.07, 6.45) is 0. The second-order valence-electron chi connectivity index (χ2n) is 5.30. The highest BCUT2D eigenvalue weighted by Crippen LogP contribution is 2.17. The molecule has 3 aromatic rings. The fourth-order valence-corrected chi connectivity index (χ4v) is 2.18. The third kappa shape index (κ3) is 3.38. The number of hydrogen-bond acceptors (Lipinski definition) is 5. The number of rotatable bonds is 4. The van der Waals surface area contributed by atoms with Crippen molar-refractivity contribution in [1.82, 2.24) is 10.1 Å². The number of Topliss-reactive ketones (excluding diaryl/α,β-unsaturated/α-hetero) is 1. The number of carbonyl (C=O) groups excluding carboxylic acids is 2. The Morgan fingerprint density at radius 1 is 0.958 bits per heavy atom. The van der Waals surface area contributed by atoms with Gasteiger partial charge in [0.1, 0.15) is 0 Å². The Bertz CT molecular complexity index is 881. The van der Waals surface area contributed by atoms with E-state index in [0.29, 0.717) is 28.5 Å². The molecule has 0 saturated heterocycles. The molecule has 1 N–H and O–H groups in total. The maximum absolute atomic E-state index is 12.3. The molecule has 120 valence electrons. The molecule has 0 atom stereocenters. The summed E-state index contributed by atoms with van der Waals surface area (Å²) in [7, 11) is 0. The third-order valence-corrected chi connectivity index (χ3v) is 3.48. The smallest absolute Gasteiger partial charge is 0.255 e. The van der Waals surface area contributed by atoms with E-state index in [9.17, 15) is 9.59 Å². The minimum Gasteiger partial charge on any atom is -0.339 e. The van der Waals surface area contributed by atoms with Crippen LogP contribution in [0.2, 0.25) is 0 Å². The van der Waals surface area contributed by atoms with E-state index in [1.54, 1.807) is 55.5 Å². The lowest BCUT2D eigenvalue weighted by Crippen LogP contribution is -2.11. The monoisotopic (exact) mass is 321 g/mol. The predicted octanol–water partition coefficient (Wildman–Crippen LogP) is 3.50. The number of amides is 1. The van der Waals surface area contributed by atoms with Crippen molar-refractivity contribution in [3.8, 4) is 11.4 Å². The highest BCUT2D eigenvalue weighted by Gasteiger charge is 2.09. The van der Waals surface area contributed by atoms with Crippen molar-refractivity contribution in [2.24, 2.45) is 0 Å². The zero-order valence-electron chi connectivity index (χ0n) is 13.2. The normalized spacial score (nSPS) is 10.4. The molecular formula is C18H15N3O3. The summed E-state index contributed by atoms with van der Waals surface area (Å²) in [6.45, 7) is 3.22. The van der Waals surface area contributed by atoms with E-state index < -0.39 is 0 Å². The number of anilines is 1. The van der Waals surface area contributed by atoms with Crippen LogP contribution in [0, 0.1) is 6.92 Å². The highest BCUT2D eigenvalue weighted by atomic mass is 16.5.